The molecule has 0 aliphatic carbocycles. The monoisotopic (exact) mass is 448 g/mol. The third-order valence-electron chi connectivity index (χ3n) is 6.58. The summed E-state index contributed by atoms with van der Waals surface area (Å²) in [5.41, 5.74) is -0.0683. The van der Waals surface area contributed by atoms with Crippen molar-refractivity contribution >= 4 is 34.2 Å². The van der Waals surface area contributed by atoms with Crippen molar-refractivity contribution in [3.63, 3.8) is 0 Å². The Kier molecular flexibility index (Phi) is 10.4. The highest BCUT2D eigenvalue weighted by atomic mass is 32.2. The van der Waals surface area contributed by atoms with Crippen LogP contribution in [0.5, 0.6) is 0 Å². The average molecular weight is 449 g/mol. The van der Waals surface area contributed by atoms with Crippen molar-refractivity contribution < 1.29 is 18.4 Å². The number of rotatable bonds is 11. The van der Waals surface area contributed by atoms with Gasteiger partial charge < -0.3 is 13.6 Å². The molecule has 7 heteroatoms. The van der Waals surface area contributed by atoms with Gasteiger partial charge in [0.1, 0.15) is 17.6 Å². The zero-order valence-corrected chi connectivity index (χ0v) is 22.5. The van der Waals surface area contributed by atoms with Crippen LogP contribution in [-0.2, 0) is 18.4 Å². The molecule has 0 saturated carbocycles. The van der Waals surface area contributed by atoms with Crippen LogP contribution in [0.15, 0.2) is 0 Å². The number of ketones is 1. The number of hydrogen-bond donors (Lipinski definition) is 0. The number of thioether (sulfide) groups is 1. The van der Waals surface area contributed by atoms with Gasteiger partial charge in [0, 0.05) is 6.42 Å². The van der Waals surface area contributed by atoms with Crippen molar-refractivity contribution in [1.29, 1.82) is 0 Å². The maximum Gasteiger partial charge on any atom is 0.193 e. The van der Waals surface area contributed by atoms with E-state index >= 15 is 0 Å². The third-order valence-corrected chi connectivity index (χ3v) is 17.0. The summed E-state index contributed by atoms with van der Waals surface area (Å²) in [5.74, 6) is 1.22. The standard InChI is InChI=1S/C21H44O4SSi2/c1-10-14-26-19-15-17(22)20(25-28(11-2,12-3)13-4)18(24-19)16-23-27(8,9)21(5,6)7/h18-20H,10-16H2,1-9H3/t18-,19-,20+/m1/s1. The lowest BCUT2D eigenvalue weighted by molar-refractivity contribution is -0.151. The van der Waals surface area contributed by atoms with E-state index in [0.717, 1.165) is 30.3 Å². The van der Waals surface area contributed by atoms with Crippen LogP contribution in [0.1, 0.15) is 61.3 Å². The summed E-state index contributed by atoms with van der Waals surface area (Å²) in [6, 6.07) is 3.11. The van der Waals surface area contributed by atoms with E-state index < -0.39 is 22.7 Å². The van der Waals surface area contributed by atoms with Crippen LogP contribution >= 0.6 is 11.8 Å². The Hall–Kier alpha value is 0.334. The highest BCUT2D eigenvalue weighted by Gasteiger charge is 2.45. The number of hydrogen-bond acceptors (Lipinski definition) is 5. The highest BCUT2D eigenvalue weighted by molar-refractivity contribution is 7.99. The van der Waals surface area contributed by atoms with E-state index in [1.807, 2.05) is 0 Å². The van der Waals surface area contributed by atoms with Gasteiger partial charge in [0.2, 0.25) is 0 Å². The topological polar surface area (TPSA) is 44.8 Å². The van der Waals surface area contributed by atoms with Crippen molar-refractivity contribution in [2.24, 2.45) is 0 Å². The Morgan fingerprint density at radius 1 is 1.11 bits per heavy atom. The first-order chi connectivity index (χ1) is 12.9. The molecule has 0 spiro atoms. The van der Waals surface area contributed by atoms with Crippen LogP contribution in [0, 0.1) is 0 Å². The molecule has 28 heavy (non-hydrogen) atoms. The zero-order valence-electron chi connectivity index (χ0n) is 19.7. The normalized spacial score (nSPS) is 24.6. The minimum absolute atomic E-state index is 0.0683. The fraction of sp³-hybridized carbons (Fsp3) is 0.952. The predicted molar refractivity (Wildman–Crippen MR) is 126 cm³/mol. The van der Waals surface area contributed by atoms with Gasteiger partial charge in [-0.3, -0.25) is 4.79 Å². The minimum Gasteiger partial charge on any atom is -0.414 e. The van der Waals surface area contributed by atoms with Gasteiger partial charge >= 0.3 is 0 Å². The number of ether oxygens (including phenoxy) is 1. The number of Topliss-reactive ketones (excluding diaryl/α,β-unsaturated/α-hetero) is 1. The second kappa shape index (κ2) is 11.1. The summed E-state index contributed by atoms with van der Waals surface area (Å²) in [7, 11) is -3.81. The maximum atomic E-state index is 13.1. The SMILES string of the molecule is CCCS[C@@H]1CC(=O)[C@H](O[Si](CC)(CC)CC)[C@@H](CO[Si](C)(C)C(C)(C)C)O1. The van der Waals surface area contributed by atoms with Gasteiger partial charge in [0.15, 0.2) is 22.4 Å². The molecule has 1 saturated heterocycles. The van der Waals surface area contributed by atoms with Crippen molar-refractivity contribution in [3.8, 4) is 0 Å². The number of carbonyl (C=O) groups is 1. The molecule has 0 aromatic heterocycles. The quantitative estimate of drug-likeness (QED) is 0.351. The van der Waals surface area contributed by atoms with Gasteiger partial charge in [0.05, 0.1) is 6.61 Å². The highest BCUT2D eigenvalue weighted by Crippen LogP contribution is 2.38. The first-order valence-corrected chi connectivity index (χ1v) is 17.6. The zero-order chi connectivity index (χ0) is 21.6. The fourth-order valence-electron chi connectivity index (χ4n) is 3.19. The molecule has 0 aromatic carbocycles. The van der Waals surface area contributed by atoms with Gasteiger partial charge in [-0.05, 0) is 48.4 Å². The van der Waals surface area contributed by atoms with Gasteiger partial charge in [-0.25, -0.2) is 0 Å². The molecule has 1 aliphatic heterocycles. The molecule has 1 fully saturated rings. The van der Waals surface area contributed by atoms with Crippen LogP contribution in [-0.4, -0.2) is 52.4 Å². The lowest BCUT2D eigenvalue weighted by Crippen LogP contribution is -2.55. The molecule has 3 atom stereocenters. The average Bonchev–Trinajstić information content (AvgIpc) is 2.63. The molecule has 0 amide bonds. The van der Waals surface area contributed by atoms with E-state index in [0.29, 0.717) is 13.0 Å². The molecule has 0 radical (unpaired) electrons. The molecule has 0 bridgehead atoms. The Balaban J connectivity index is 3.00. The summed E-state index contributed by atoms with van der Waals surface area (Å²) < 4.78 is 19.5. The lowest BCUT2D eigenvalue weighted by Gasteiger charge is -2.43. The van der Waals surface area contributed by atoms with E-state index in [4.69, 9.17) is 13.6 Å². The molecular formula is C21H44O4SSi2. The van der Waals surface area contributed by atoms with Crippen molar-refractivity contribution in [2.75, 3.05) is 12.4 Å². The van der Waals surface area contributed by atoms with E-state index in [1.165, 1.54) is 0 Å². The van der Waals surface area contributed by atoms with Crippen molar-refractivity contribution in [2.45, 2.75) is 115 Å². The first kappa shape index (κ1) is 26.4. The molecular weight excluding hydrogens is 404 g/mol. The Bertz CT molecular complexity index is 481. The van der Waals surface area contributed by atoms with Gasteiger partial charge in [-0.1, -0.05) is 48.5 Å². The first-order valence-electron chi connectivity index (χ1n) is 11.1. The molecule has 1 rings (SSSR count). The fourth-order valence-corrected chi connectivity index (χ4v) is 8.03. The second-order valence-electron chi connectivity index (χ2n) is 9.50. The van der Waals surface area contributed by atoms with Gasteiger partial charge in [-0.15, -0.1) is 11.8 Å². The summed E-state index contributed by atoms with van der Waals surface area (Å²) in [6.07, 6.45) is 0.783. The van der Waals surface area contributed by atoms with Crippen LogP contribution in [0.3, 0.4) is 0 Å². The van der Waals surface area contributed by atoms with Crippen LogP contribution in [0.2, 0.25) is 36.3 Å². The summed E-state index contributed by atoms with van der Waals surface area (Å²) in [6.45, 7) is 20.4. The smallest absolute Gasteiger partial charge is 0.193 e. The third kappa shape index (κ3) is 6.94. The summed E-state index contributed by atoms with van der Waals surface area (Å²) in [4.78, 5) is 13.1. The molecule has 0 aromatic rings. The molecule has 0 unspecified atom stereocenters. The Morgan fingerprint density at radius 2 is 1.68 bits per heavy atom. The minimum atomic E-state index is -1.91. The Morgan fingerprint density at radius 3 is 2.14 bits per heavy atom. The van der Waals surface area contributed by atoms with Crippen LogP contribution < -0.4 is 0 Å². The lowest BCUT2D eigenvalue weighted by atomic mass is 10.1. The van der Waals surface area contributed by atoms with E-state index in [1.54, 1.807) is 11.8 Å². The molecule has 4 nitrogen and oxygen atoms in total. The molecule has 1 heterocycles. The van der Waals surface area contributed by atoms with Crippen molar-refractivity contribution in [1.82, 2.24) is 0 Å². The molecule has 0 N–H and O–H groups in total. The molecule has 1 aliphatic rings. The summed E-state index contributed by atoms with van der Waals surface area (Å²) >= 11 is 1.75. The predicted octanol–water partition coefficient (Wildman–Crippen LogP) is 6.23. The van der Waals surface area contributed by atoms with Crippen molar-refractivity contribution in [3.05, 3.63) is 0 Å². The van der Waals surface area contributed by atoms with Gasteiger partial charge in [0.25, 0.3) is 0 Å². The number of carbonyl (C=O) groups excluding carboxylic acids is 1. The largest absolute Gasteiger partial charge is 0.414 e. The van der Waals surface area contributed by atoms with E-state index in [2.05, 4.69) is 61.6 Å². The second-order valence-corrected chi connectivity index (χ2v) is 20.3. The maximum absolute atomic E-state index is 13.1. The molecule has 166 valence electrons. The van der Waals surface area contributed by atoms with Gasteiger partial charge in [-0.2, -0.15) is 0 Å². The van der Waals surface area contributed by atoms with E-state index in [9.17, 15) is 4.79 Å². The van der Waals surface area contributed by atoms with E-state index in [-0.39, 0.29) is 22.4 Å². The summed E-state index contributed by atoms with van der Waals surface area (Å²) in [5, 5.41) is 0.132. The Labute approximate surface area is 180 Å². The van der Waals surface area contributed by atoms with Crippen LogP contribution in [0.4, 0.5) is 0 Å². The van der Waals surface area contributed by atoms with Crippen LogP contribution in [0.25, 0.3) is 0 Å².